The summed E-state index contributed by atoms with van der Waals surface area (Å²) in [6.07, 6.45) is 3.03. The summed E-state index contributed by atoms with van der Waals surface area (Å²) in [6, 6.07) is 37.2. The zero-order valence-electron chi connectivity index (χ0n) is 26.1. The van der Waals surface area contributed by atoms with Gasteiger partial charge in [0.25, 0.3) is 8.32 Å². The standard InChI is InChI=1S/C37H47NO2SSi/c1-36(2,3)41(39)38-33(24-28-21-22-29-15-13-14-16-30(29)23-28)26-31-25-32(31)27-40-42(37(4,5)6,34-17-9-7-10-18-34)35-19-11-8-12-20-35/h7-23,31-33,38H,24-27H2,1-6H3/t31-,32+,33+,41-/m0/s1. The number of rotatable bonds is 11. The predicted molar refractivity (Wildman–Crippen MR) is 182 cm³/mol. The van der Waals surface area contributed by atoms with Gasteiger partial charge in [0.2, 0.25) is 0 Å². The van der Waals surface area contributed by atoms with E-state index in [2.05, 4.69) is 129 Å². The fraction of sp³-hybridized carbons (Fsp3) is 0.405. The van der Waals surface area contributed by atoms with Gasteiger partial charge in [-0.25, -0.2) is 8.93 Å². The summed E-state index contributed by atoms with van der Waals surface area (Å²) in [5.74, 6) is 1.09. The largest absolute Gasteiger partial charge is 0.407 e. The second kappa shape index (κ2) is 12.6. The molecule has 1 aliphatic rings. The first-order valence-corrected chi connectivity index (χ1v) is 18.4. The molecule has 42 heavy (non-hydrogen) atoms. The second-order valence-electron chi connectivity index (χ2n) is 14.0. The summed E-state index contributed by atoms with van der Waals surface area (Å²) in [6.45, 7) is 13.9. The fourth-order valence-corrected chi connectivity index (χ4v) is 11.8. The zero-order chi connectivity index (χ0) is 30.0. The minimum Gasteiger partial charge on any atom is -0.407 e. The quantitative estimate of drug-likeness (QED) is 0.183. The SMILES string of the molecule is CC(C)(C)[S@](=O)N[C@H](Cc1ccc2ccccc2c1)C[C@@H]1C[C@@H]1CO[Si](c1ccccc1)(c1ccccc1)C(C)(C)C. The summed E-state index contributed by atoms with van der Waals surface area (Å²) in [5.41, 5.74) is 1.29. The molecule has 1 N–H and O–H groups in total. The molecule has 4 aromatic rings. The molecule has 1 aliphatic carbocycles. The Hall–Kier alpha value is -2.57. The summed E-state index contributed by atoms with van der Waals surface area (Å²) in [4.78, 5) is 0. The van der Waals surface area contributed by atoms with Crippen molar-refractivity contribution in [1.82, 2.24) is 4.72 Å². The van der Waals surface area contributed by atoms with Crippen LogP contribution in [0.1, 0.15) is 59.9 Å². The molecule has 0 amide bonds. The highest BCUT2D eigenvalue weighted by Crippen LogP contribution is 2.45. The first-order chi connectivity index (χ1) is 20.0. The number of benzene rings is 4. The lowest BCUT2D eigenvalue weighted by Crippen LogP contribution is -2.66. The molecular weight excluding hydrogens is 551 g/mol. The minimum atomic E-state index is -2.54. The van der Waals surface area contributed by atoms with Crippen LogP contribution in [0.5, 0.6) is 0 Å². The Morgan fingerprint density at radius 3 is 1.93 bits per heavy atom. The van der Waals surface area contributed by atoms with E-state index in [1.165, 1.54) is 26.7 Å². The van der Waals surface area contributed by atoms with Gasteiger partial charge in [0.1, 0.15) is 0 Å². The van der Waals surface area contributed by atoms with Crippen molar-refractivity contribution in [2.45, 2.75) is 76.6 Å². The Morgan fingerprint density at radius 2 is 1.36 bits per heavy atom. The molecule has 0 bridgehead atoms. The van der Waals surface area contributed by atoms with Crippen molar-refractivity contribution >= 4 is 40.4 Å². The van der Waals surface area contributed by atoms with Crippen molar-refractivity contribution < 1.29 is 8.63 Å². The molecule has 0 saturated heterocycles. The van der Waals surface area contributed by atoms with E-state index in [4.69, 9.17) is 4.43 Å². The van der Waals surface area contributed by atoms with E-state index in [9.17, 15) is 4.21 Å². The Bertz CT molecular complexity index is 1450. The third-order valence-electron chi connectivity index (χ3n) is 8.71. The lowest BCUT2D eigenvalue weighted by molar-refractivity contribution is 0.271. The van der Waals surface area contributed by atoms with Crippen LogP contribution in [-0.2, 0) is 21.8 Å². The summed E-state index contributed by atoms with van der Waals surface area (Å²) < 4.78 is 23.7. The van der Waals surface area contributed by atoms with E-state index in [1.807, 2.05) is 20.8 Å². The third-order valence-corrected chi connectivity index (χ3v) is 15.4. The topological polar surface area (TPSA) is 38.3 Å². The molecule has 4 aromatic carbocycles. The number of fused-ring (bicyclic) bond motifs is 1. The third kappa shape index (κ3) is 6.97. The normalized spacial score (nSPS) is 19.0. The van der Waals surface area contributed by atoms with E-state index < -0.39 is 19.3 Å². The molecule has 0 aromatic heterocycles. The van der Waals surface area contributed by atoms with Crippen LogP contribution in [0, 0.1) is 11.8 Å². The van der Waals surface area contributed by atoms with Gasteiger partial charge in [-0.15, -0.1) is 0 Å². The minimum absolute atomic E-state index is 0.0239. The molecule has 1 saturated carbocycles. The summed E-state index contributed by atoms with van der Waals surface area (Å²) in [5, 5.41) is 5.15. The number of hydrogen-bond acceptors (Lipinski definition) is 2. The van der Waals surface area contributed by atoms with E-state index in [-0.39, 0.29) is 15.8 Å². The summed E-state index contributed by atoms with van der Waals surface area (Å²) in [7, 11) is -3.67. The first kappa shape index (κ1) is 30.9. The van der Waals surface area contributed by atoms with Crippen LogP contribution >= 0.6 is 0 Å². The van der Waals surface area contributed by atoms with Crippen LogP contribution in [0.3, 0.4) is 0 Å². The van der Waals surface area contributed by atoms with Crippen LogP contribution < -0.4 is 15.1 Å². The maximum absolute atomic E-state index is 13.2. The van der Waals surface area contributed by atoms with Gasteiger partial charge in [-0.3, -0.25) is 0 Å². The van der Waals surface area contributed by atoms with Crippen molar-refractivity contribution in [3.8, 4) is 0 Å². The summed E-state index contributed by atoms with van der Waals surface area (Å²) >= 11 is 0. The molecule has 0 heterocycles. The van der Waals surface area contributed by atoms with Gasteiger partial charge in [0.05, 0.1) is 15.7 Å². The molecule has 5 heteroatoms. The van der Waals surface area contributed by atoms with Crippen molar-refractivity contribution in [1.29, 1.82) is 0 Å². The molecule has 0 spiro atoms. The Kier molecular flexibility index (Phi) is 9.24. The maximum atomic E-state index is 13.2. The highest BCUT2D eigenvalue weighted by atomic mass is 32.2. The smallest absolute Gasteiger partial charge is 0.261 e. The molecule has 3 nitrogen and oxygen atoms in total. The zero-order valence-corrected chi connectivity index (χ0v) is 27.9. The highest BCUT2D eigenvalue weighted by Gasteiger charge is 2.51. The average Bonchev–Trinajstić information content (AvgIpc) is 3.70. The van der Waals surface area contributed by atoms with Crippen molar-refractivity contribution in [3.63, 3.8) is 0 Å². The Labute approximate surface area is 256 Å². The van der Waals surface area contributed by atoms with E-state index in [0.29, 0.717) is 11.8 Å². The van der Waals surface area contributed by atoms with Gasteiger partial charge in [0.15, 0.2) is 0 Å². The van der Waals surface area contributed by atoms with E-state index in [0.717, 1.165) is 25.9 Å². The van der Waals surface area contributed by atoms with Crippen molar-refractivity contribution in [3.05, 3.63) is 109 Å². The molecule has 0 aliphatic heterocycles. The van der Waals surface area contributed by atoms with Crippen LogP contribution in [0.2, 0.25) is 5.04 Å². The van der Waals surface area contributed by atoms with Gasteiger partial charge in [-0.1, -0.05) is 124 Å². The lowest BCUT2D eigenvalue weighted by Gasteiger charge is -2.43. The Balaban J connectivity index is 1.33. The van der Waals surface area contributed by atoms with Crippen molar-refractivity contribution in [2.24, 2.45) is 11.8 Å². The fourth-order valence-electron chi connectivity index (χ4n) is 6.31. The maximum Gasteiger partial charge on any atom is 0.261 e. The van der Waals surface area contributed by atoms with E-state index >= 15 is 0 Å². The predicted octanol–water partition coefficient (Wildman–Crippen LogP) is 7.41. The van der Waals surface area contributed by atoms with Crippen LogP contribution in [0.15, 0.2) is 103 Å². The van der Waals surface area contributed by atoms with Gasteiger partial charge < -0.3 is 4.43 Å². The van der Waals surface area contributed by atoms with Crippen molar-refractivity contribution in [2.75, 3.05) is 6.61 Å². The van der Waals surface area contributed by atoms with Gasteiger partial charge >= 0.3 is 0 Å². The second-order valence-corrected chi connectivity index (χ2v) is 20.4. The molecule has 1 fully saturated rings. The number of nitrogens with one attached hydrogen (secondary N) is 1. The molecular formula is C37H47NO2SSi. The molecule has 4 atom stereocenters. The average molecular weight is 598 g/mol. The first-order valence-electron chi connectivity index (χ1n) is 15.4. The highest BCUT2D eigenvalue weighted by molar-refractivity contribution is 7.84. The Morgan fingerprint density at radius 1 is 0.786 bits per heavy atom. The van der Waals surface area contributed by atoms with Gasteiger partial charge in [0, 0.05) is 12.6 Å². The number of hydrogen-bond donors (Lipinski definition) is 1. The van der Waals surface area contributed by atoms with Gasteiger partial charge in [-0.05, 0) is 83.6 Å². The monoisotopic (exact) mass is 597 g/mol. The van der Waals surface area contributed by atoms with Crippen LogP contribution in [0.25, 0.3) is 10.8 Å². The van der Waals surface area contributed by atoms with Gasteiger partial charge in [-0.2, -0.15) is 0 Å². The molecule has 0 radical (unpaired) electrons. The molecule has 0 unspecified atom stereocenters. The van der Waals surface area contributed by atoms with Crippen LogP contribution in [-0.4, -0.2) is 29.9 Å². The molecule has 5 rings (SSSR count). The molecule has 222 valence electrons. The van der Waals surface area contributed by atoms with E-state index in [1.54, 1.807) is 0 Å². The van der Waals surface area contributed by atoms with Crippen LogP contribution in [0.4, 0.5) is 0 Å². The lowest BCUT2D eigenvalue weighted by atomic mass is 9.99.